The van der Waals surface area contributed by atoms with Crippen molar-refractivity contribution in [3.8, 4) is 0 Å². The van der Waals surface area contributed by atoms with E-state index in [1.807, 2.05) is 0 Å². The molecular weight excluding hydrogens is 394 g/mol. The van der Waals surface area contributed by atoms with Crippen molar-refractivity contribution in [3.63, 3.8) is 0 Å². The van der Waals surface area contributed by atoms with Crippen molar-refractivity contribution in [2.75, 3.05) is 25.2 Å². The second-order valence-electron chi connectivity index (χ2n) is 5.81. The lowest BCUT2D eigenvalue weighted by Crippen LogP contribution is -2.54. The number of hydrogen-bond acceptors (Lipinski definition) is 8. The van der Waals surface area contributed by atoms with E-state index in [4.69, 9.17) is 16.6 Å². The molecule has 3 atom stereocenters. The van der Waals surface area contributed by atoms with Gasteiger partial charge >= 0.3 is 5.97 Å². The van der Waals surface area contributed by atoms with Gasteiger partial charge in [-0.3, -0.25) is 19.2 Å². The number of hydrogen-bond donors (Lipinski definition) is 7. The molecule has 0 saturated heterocycles. The molecule has 0 aliphatic rings. The number of aliphatic hydroxyl groups is 1. The van der Waals surface area contributed by atoms with E-state index in [9.17, 15) is 29.1 Å². The van der Waals surface area contributed by atoms with Crippen molar-refractivity contribution in [2.45, 2.75) is 37.4 Å². The molecule has 3 unspecified atom stereocenters. The summed E-state index contributed by atoms with van der Waals surface area (Å²) in [4.78, 5) is 57.4. The number of carboxylic acids is 1. The van der Waals surface area contributed by atoms with E-state index in [1.165, 1.54) is 11.8 Å². The van der Waals surface area contributed by atoms with Gasteiger partial charge in [-0.2, -0.15) is 11.8 Å². The number of aliphatic carboxylic acids is 1. The second-order valence-corrected chi connectivity index (χ2v) is 6.80. The standard InChI is InChI=1S/C15H27N5O7S/c1-28-5-4-9(15(26)27)19-12(23)6-18-14(25)10(7-21)20-13(24)8(16)2-3-11(17)22/h8-10,21H,2-7,16H2,1H3,(H2,17,22)(H,18,25)(H,19,23)(H,20,24)(H,26,27). The number of nitrogens with one attached hydrogen (secondary N) is 3. The number of primary amides is 1. The van der Waals surface area contributed by atoms with Gasteiger partial charge in [-0.1, -0.05) is 0 Å². The Hall–Kier alpha value is -2.38. The molecule has 0 aromatic carbocycles. The van der Waals surface area contributed by atoms with Crippen LogP contribution in [0, 0.1) is 0 Å². The van der Waals surface area contributed by atoms with Gasteiger partial charge in [0.1, 0.15) is 12.1 Å². The molecule has 0 aromatic rings. The SMILES string of the molecule is CSCCC(NC(=O)CNC(=O)C(CO)NC(=O)C(N)CCC(N)=O)C(=O)O. The van der Waals surface area contributed by atoms with Crippen LogP contribution in [0.1, 0.15) is 19.3 Å². The quantitative estimate of drug-likeness (QED) is 0.148. The minimum atomic E-state index is -1.37. The molecule has 0 aliphatic carbocycles. The normalized spacial score (nSPS) is 13.7. The average Bonchev–Trinajstić information content (AvgIpc) is 2.64. The van der Waals surface area contributed by atoms with E-state index in [0.717, 1.165) is 0 Å². The summed E-state index contributed by atoms with van der Waals surface area (Å²) in [6, 6.07) is -3.56. The molecule has 4 amide bonds. The molecule has 9 N–H and O–H groups in total. The van der Waals surface area contributed by atoms with Gasteiger partial charge in [0.05, 0.1) is 19.2 Å². The van der Waals surface area contributed by atoms with Crippen LogP contribution in [-0.2, 0) is 24.0 Å². The van der Waals surface area contributed by atoms with E-state index in [1.54, 1.807) is 6.26 Å². The van der Waals surface area contributed by atoms with Gasteiger partial charge in [-0.15, -0.1) is 0 Å². The van der Waals surface area contributed by atoms with Crippen molar-refractivity contribution in [1.82, 2.24) is 16.0 Å². The molecule has 160 valence electrons. The van der Waals surface area contributed by atoms with Crippen LogP contribution in [-0.4, -0.2) is 83.1 Å². The second kappa shape index (κ2) is 13.7. The topological polar surface area (TPSA) is 214 Å². The van der Waals surface area contributed by atoms with Crippen molar-refractivity contribution < 1.29 is 34.2 Å². The van der Waals surface area contributed by atoms with Crippen molar-refractivity contribution in [3.05, 3.63) is 0 Å². The van der Waals surface area contributed by atoms with Crippen LogP contribution < -0.4 is 27.4 Å². The molecule has 0 saturated carbocycles. The third-order valence-electron chi connectivity index (χ3n) is 3.52. The molecule has 0 bridgehead atoms. The maximum atomic E-state index is 12.0. The molecule has 28 heavy (non-hydrogen) atoms. The average molecular weight is 421 g/mol. The van der Waals surface area contributed by atoms with Crippen molar-refractivity contribution >= 4 is 41.4 Å². The fourth-order valence-electron chi connectivity index (χ4n) is 1.93. The molecule has 0 radical (unpaired) electrons. The summed E-state index contributed by atoms with van der Waals surface area (Å²) < 4.78 is 0. The number of thioether (sulfide) groups is 1. The highest BCUT2D eigenvalue weighted by atomic mass is 32.2. The summed E-state index contributed by atoms with van der Waals surface area (Å²) in [7, 11) is 0. The third-order valence-corrected chi connectivity index (χ3v) is 4.17. The van der Waals surface area contributed by atoms with Gasteiger partial charge in [0, 0.05) is 6.42 Å². The van der Waals surface area contributed by atoms with Crippen LogP contribution >= 0.6 is 11.8 Å². The number of carbonyl (C=O) groups is 5. The lowest BCUT2D eigenvalue weighted by Gasteiger charge is -2.19. The predicted octanol–water partition coefficient (Wildman–Crippen LogP) is -3.50. The maximum absolute atomic E-state index is 12.0. The molecule has 0 rings (SSSR count). The lowest BCUT2D eigenvalue weighted by molar-refractivity contribution is -0.141. The number of amides is 4. The summed E-state index contributed by atoms with van der Waals surface area (Å²) >= 11 is 1.42. The predicted molar refractivity (Wildman–Crippen MR) is 101 cm³/mol. The smallest absolute Gasteiger partial charge is 0.326 e. The zero-order valence-corrected chi connectivity index (χ0v) is 16.3. The van der Waals surface area contributed by atoms with Gasteiger partial charge in [-0.25, -0.2) is 4.79 Å². The van der Waals surface area contributed by atoms with Gasteiger partial charge in [-0.05, 0) is 24.9 Å². The molecular formula is C15H27N5O7S. The highest BCUT2D eigenvalue weighted by Gasteiger charge is 2.24. The number of carbonyl (C=O) groups excluding carboxylic acids is 4. The van der Waals surface area contributed by atoms with E-state index in [-0.39, 0.29) is 19.3 Å². The Morgan fingerprint density at radius 3 is 2.18 bits per heavy atom. The summed E-state index contributed by atoms with van der Waals surface area (Å²) in [6.45, 7) is -1.30. The summed E-state index contributed by atoms with van der Waals surface area (Å²) in [5.74, 6) is -3.67. The Kier molecular flexibility index (Phi) is 12.6. The largest absolute Gasteiger partial charge is 0.480 e. The first kappa shape index (κ1) is 25.6. The van der Waals surface area contributed by atoms with E-state index in [0.29, 0.717) is 5.75 Å². The zero-order chi connectivity index (χ0) is 21.7. The lowest BCUT2D eigenvalue weighted by atomic mass is 10.1. The van der Waals surface area contributed by atoms with E-state index < -0.39 is 60.9 Å². The summed E-state index contributed by atoms with van der Waals surface area (Å²) in [5.41, 5.74) is 10.5. The van der Waals surface area contributed by atoms with Crippen LogP contribution in [0.25, 0.3) is 0 Å². The molecule has 13 heteroatoms. The highest BCUT2D eigenvalue weighted by Crippen LogP contribution is 2.01. The molecule has 0 aliphatic heterocycles. The number of rotatable bonds is 14. The number of carboxylic acid groups (broad SMARTS) is 1. The minimum absolute atomic E-state index is 0.0318. The van der Waals surface area contributed by atoms with E-state index >= 15 is 0 Å². The Morgan fingerprint density at radius 1 is 1.04 bits per heavy atom. The van der Waals surface area contributed by atoms with E-state index in [2.05, 4.69) is 16.0 Å². The number of aliphatic hydroxyl groups excluding tert-OH is 1. The van der Waals surface area contributed by atoms with Gasteiger partial charge in [0.15, 0.2) is 0 Å². The molecule has 0 heterocycles. The van der Waals surface area contributed by atoms with Crippen LogP contribution in [0.2, 0.25) is 0 Å². The first-order valence-corrected chi connectivity index (χ1v) is 9.75. The molecule has 0 fully saturated rings. The molecule has 0 aromatic heterocycles. The Morgan fingerprint density at radius 2 is 1.68 bits per heavy atom. The molecule has 0 spiro atoms. The molecule has 12 nitrogen and oxygen atoms in total. The fourth-order valence-corrected chi connectivity index (χ4v) is 2.40. The van der Waals surface area contributed by atoms with Crippen LogP contribution in [0.3, 0.4) is 0 Å². The Bertz CT molecular complexity index is 575. The summed E-state index contributed by atoms with van der Waals surface area (Å²) in [5, 5.41) is 25.0. The van der Waals surface area contributed by atoms with Crippen LogP contribution in [0.15, 0.2) is 0 Å². The highest BCUT2D eigenvalue weighted by molar-refractivity contribution is 7.98. The first-order chi connectivity index (χ1) is 13.1. The van der Waals surface area contributed by atoms with Crippen LogP contribution in [0.4, 0.5) is 0 Å². The van der Waals surface area contributed by atoms with Crippen molar-refractivity contribution in [2.24, 2.45) is 11.5 Å². The Balaban J connectivity index is 4.52. The third kappa shape index (κ3) is 10.7. The van der Waals surface area contributed by atoms with Gasteiger partial charge in [0.25, 0.3) is 0 Å². The maximum Gasteiger partial charge on any atom is 0.326 e. The zero-order valence-electron chi connectivity index (χ0n) is 15.5. The van der Waals surface area contributed by atoms with Crippen LogP contribution in [0.5, 0.6) is 0 Å². The number of nitrogens with two attached hydrogens (primary N) is 2. The minimum Gasteiger partial charge on any atom is -0.480 e. The first-order valence-electron chi connectivity index (χ1n) is 8.36. The van der Waals surface area contributed by atoms with Gasteiger partial charge in [0.2, 0.25) is 23.6 Å². The Labute approximate surface area is 166 Å². The van der Waals surface area contributed by atoms with Gasteiger partial charge < -0.3 is 37.6 Å². The monoisotopic (exact) mass is 421 g/mol. The fraction of sp³-hybridized carbons (Fsp3) is 0.667. The van der Waals surface area contributed by atoms with Crippen molar-refractivity contribution in [1.29, 1.82) is 0 Å². The summed E-state index contributed by atoms with van der Waals surface area (Å²) in [6.07, 6.45) is 1.86.